The van der Waals surface area contributed by atoms with Gasteiger partial charge in [0.15, 0.2) is 10.8 Å². The lowest BCUT2D eigenvalue weighted by Gasteiger charge is -2.04. The highest BCUT2D eigenvalue weighted by molar-refractivity contribution is 7.99. The molecular formula is C21H18N4OS. The van der Waals surface area contributed by atoms with Crippen LogP contribution in [0.25, 0.3) is 22.8 Å². The van der Waals surface area contributed by atoms with Crippen molar-refractivity contribution in [1.82, 2.24) is 19.7 Å². The zero-order valence-corrected chi connectivity index (χ0v) is 15.6. The Morgan fingerprint density at radius 1 is 1.11 bits per heavy atom. The zero-order chi connectivity index (χ0) is 18.6. The first-order chi connectivity index (χ1) is 13.2. The van der Waals surface area contributed by atoms with E-state index in [1.807, 2.05) is 61.5 Å². The van der Waals surface area contributed by atoms with Gasteiger partial charge in [0.1, 0.15) is 5.39 Å². The summed E-state index contributed by atoms with van der Waals surface area (Å²) in [4.78, 5) is 19.8. The molecule has 4 aromatic rings. The molecule has 0 amide bonds. The van der Waals surface area contributed by atoms with E-state index in [-0.39, 0.29) is 5.56 Å². The number of hydrogen-bond acceptors (Lipinski definition) is 4. The van der Waals surface area contributed by atoms with E-state index in [0.29, 0.717) is 21.9 Å². The Morgan fingerprint density at radius 2 is 1.89 bits per heavy atom. The maximum Gasteiger partial charge on any atom is 0.262 e. The first-order valence-corrected chi connectivity index (χ1v) is 9.59. The van der Waals surface area contributed by atoms with Crippen LogP contribution in [-0.2, 0) is 0 Å². The normalized spacial score (nSPS) is 11.4. The van der Waals surface area contributed by atoms with E-state index in [9.17, 15) is 4.79 Å². The lowest BCUT2D eigenvalue weighted by molar-refractivity contribution is 0.873. The molecule has 0 unspecified atom stereocenters. The number of nitrogens with zero attached hydrogens (tertiary/aromatic N) is 3. The Bertz CT molecular complexity index is 1140. The molecule has 2 aromatic carbocycles. The fraction of sp³-hybridized carbons (Fsp3) is 0.0952. The molecule has 0 bridgehead atoms. The molecule has 5 nitrogen and oxygen atoms in total. The topological polar surface area (TPSA) is 63.6 Å². The number of benzene rings is 2. The molecule has 0 fully saturated rings. The minimum absolute atomic E-state index is 0.173. The van der Waals surface area contributed by atoms with Gasteiger partial charge in [-0.25, -0.2) is 9.67 Å². The molecule has 0 saturated heterocycles. The molecule has 6 heteroatoms. The van der Waals surface area contributed by atoms with Crippen LogP contribution < -0.4 is 5.56 Å². The summed E-state index contributed by atoms with van der Waals surface area (Å²) in [5, 5.41) is 5.41. The molecule has 0 aliphatic heterocycles. The Labute approximate surface area is 160 Å². The quantitative estimate of drug-likeness (QED) is 0.420. The van der Waals surface area contributed by atoms with E-state index >= 15 is 0 Å². The summed E-state index contributed by atoms with van der Waals surface area (Å²) < 4.78 is 1.70. The lowest BCUT2D eigenvalue weighted by Crippen LogP contribution is -2.09. The SMILES string of the molecule is Cc1ccc(-n2ncc3c(=O)[nH]c(SC/C=C/c4ccccc4)nc32)cc1. The van der Waals surface area contributed by atoms with Crippen molar-refractivity contribution in [3.8, 4) is 5.69 Å². The molecule has 0 aliphatic rings. The summed E-state index contributed by atoms with van der Waals surface area (Å²) in [7, 11) is 0. The maximum absolute atomic E-state index is 12.4. The molecule has 2 aromatic heterocycles. The number of rotatable bonds is 5. The largest absolute Gasteiger partial charge is 0.301 e. The molecule has 0 radical (unpaired) electrons. The number of hydrogen-bond donors (Lipinski definition) is 1. The van der Waals surface area contributed by atoms with Crippen LogP contribution in [0.5, 0.6) is 0 Å². The average Bonchev–Trinajstić information content (AvgIpc) is 3.11. The van der Waals surface area contributed by atoms with Crippen LogP contribution in [0.4, 0.5) is 0 Å². The van der Waals surface area contributed by atoms with E-state index in [2.05, 4.69) is 27.2 Å². The summed E-state index contributed by atoms with van der Waals surface area (Å²) >= 11 is 1.48. The molecule has 1 N–H and O–H groups in total. The van der Waals surface area contributed by atoms with Crippen molar-refractivity contribution >= 4 is 28.9 Å². The van der Waals surface area contributed by atoms with Crippen LogP contribution >= 0.6 is 11.8 Å². The molecule has 2 heterocycles. The van der Waals surface area contributed by atoms with Crippen molar-refractivity contribution in [2.45, 2.75) is 12.1 Å². The minimum atomic E-state index is -0.173. The van der Waals surface area contributed by atoms with Gasteiger partial charge >= 0.3 is 0 Å². The predicted molar refractivity (Wildman–Crippen MR) is 110 cm³/mol. The van der Waals surface area contributed by atoms with E-state index < -0.39 is 0 Å². The highest BCUT2D eigenvalue weighted by Gasteiger charge is 2.11. The van der Waals surface area contributed by atoms with Gasteiger partial charge in [-0.15, -0.1) is 0 Å². The predicted octanol–water partition coefficient (Wildman–Crippen LogP) is 4.22. The van der Waals surface area contributed by atoms with Gasteiger partial charge in [0.2, 0.25) is 0 Å². The van der Waals surface area contributed by atoms with Gasteiger partial charge in [0, 0.05) is 5.75 Å². The molecule has 27 heavy (non-hydrogen) atoms. The standard InChI is InChI=1S/C21H18N4OS/c1-15-9-11-17(12-10-15)25-19-18(14-22-25)20(26)24-21(23-19)27-13-5-8-16-6-3-2-4-7-16/h2-12,14H,13H2,1H3,(H,23,24,26)/b8-5+. The molecular weight excluding hydrogens is 356 g/mol. The number of aromatic nitrogens is 4. The van der Waals surface area contributed by atoms with Gasteiger partial charge in [-0.1, -0.05) is 71.9 Å². The van der Waals surface area contributed by atoms with E-state index in [1.165, 1.54) is 17.3 Å². The molecule has 4 rings (SSSR count). The monoisotopic (exact) mass is 374 g/mol. The van der Waals surface area contributed by atoms with Crippen LogP contribution in [0.15, 0.2) is 76.8 Å². The van der Waals surface area contributed by atoms with Gasteiger partial charge in [0.25, 0.3) is 5.56 Å². The first-order valence-electron chi connectivity index (χ1n) is 8.60. The molecule has 0 saturated carbocycles. The highest BCUT2D eigenvalue weighted by Crippen LogP contribution is 2.18. The molecule has 0 atom stereocenters. The third kappa shape index (κ3) is 3.85. The number of H-pyrrole nitrogens is 1. The van der Waals surface area contributed by atoms with Crippen LogP contribution in [-0.4, -0.2) is 25.5 Å². The second-order valence-electron chi connectivity index (χ2n) is 6.12. The average molecular weight is 374 g/mol. The number of aryl methyl sites for hydroxylation is 1. The lowest BCUT2D eigenvalue weighted by atomic mass is 10.2. The highest BCUT2D eigenvalue weighted by atomic mass is 32.2. The van der Waals surface area contributed by atoms with Crippen molar-refractivity contribution in [3.63, 3.8) is 0 Å². The summed E-state index contributed by atoms with van der Waals surface area (Å²) in [6.07, 6.45) is 5.67. The summed E-state index contributed by atoms with van der Waals surface area (Å²) in [5.41, 5.74) is 3.59. The third-order valence-electron chi connectivity index (χ3n) is 4.12. The second kappa shape index (κ2) is 7.63. The minimum Gasteiger partial charge on any atom is -0.301 e. The number of aromatic amines is 1. The number of thioether (sulfide) groups is 1. The fourth-order valence-electron chi connectivity index (χ4n) is 2.72. The summed E-state index contributed by atoms with van der Waals surface area (Å²) in [6, 6.07) is 18.1. The van der Waals surface area contributed by atoms with Gasteiger partial charge in [-0.05, 0) is 24.6 Å². The number of fused-ring (bicyclic) bond motifs is 1. The Kier molecular flexibility index (Phi) is 4.89. The van der Waals surface area contributed by atoms with Gasteiger partial charge in [0.05, 0.1) is 11.9 Å². The Morgan fingerprint density at radius 3 is 2.67 bits per heavy atom. The third-order valence-corrected chi connectivity index (χ3v) is 4.95. The van der Waals surface area contributed by atoms with Crippen LogP contribution in [0.3, 0.4) is 0 Å². The summed E-state index contributed by atoms with van der Waals surface area (Å²) in [5.74, 6) is 0.710. The first kappa shape index (κ1) is 17.3. The van der Waals surface area contributed by atoms with Crippen molar-refractivity contribution < 1.29 is 0 Å². The van der Waals surface area contributed by atoms with Crippen LogP contribution in [0.1, 0.15) is 11.1 Å². The zero-order valence-electron chi connectivity index (χ0n) is 14.8. The molecule has 0 aliphatic carbocycles. The van der Waals surface area contributed by atoms with Crippen molar-refractivity contribution in [1.29, 1.82) is 0 Å². The molecule has 0 spiro atoms. The number of nitrogens with one attached hydrogen (secondary N) is 1. The van der Waals surface area contributed by atoms with Gasteiger partial charge < -0.3 is 4.98 Å². The van der Waals surface area contributed by atoms with E-state index in [1.54, 1.807) is 10.9 Å². The van der Waals surface area contributed by atoms with Crippen LogP contribution in [0, 0.1) is 6.92 Å². The van der Waals surface area contributed by atoms with Crippen molar-refractivity contribution in [2.24, 2.45) is 0 Å². The van der Waals surface area contributed by atoms with Gasteiger partial charge in [-0.2, -0.15) is 5.10 Å². The van der Waals surface area contributed by atoms with Crippen molar-refractivity contribution in [3.05, 3.63) is 88.4 Å². The summed E-state index contributed by atoms with van der Waals surface area (Å²) in [6.45, 7) is 2.03. The Balaban J connectivity index is 1.59. The van der Waals surface area contributed by atoms with Crippen molar-refractivity contribution in [2.75, 3.05) is 5.75 Å². The van der Waals surface area contributed by atoms with E-state index in [0.717, 1.165) is 11.3 Å². The van der Waals surface area contributed by atoms with E-state index in [4.69, 9.17) is 0 Å². The second-order valence-corrected chi connectivity index (χ2v) is 7.13. The maximum atomic E-state index is 12.4. The van der Waals surface area contributed by atoms with Crippen LogP contribution in [0.2, 0.25) is 0 Å². The Hall–Kier alpha value is -3.12. The van der Waals surface area contributed by atoms with Gasteiger partial charge in [-0.3, -0.25) is 4.79 Å². The fourth-order valence-corrected chi connectivity index (χ4v) is 3.38. The molecule has 134 valence electrons. The smallest absolute Gasteiger partial charge is 0.262 e.